The Balaban J connectivity index is 2.46. The summed E-state index contributed by atoms with van der Waals surface area (Å²) in [5.74, 6) is 0. The van der Waals surface area contributed by atoms with Crippen molar-refractivity contribution < 1.29 is 18.2 Å². The Morgan fingerprint density at radius 3 is 2.30 bits per heavy atom. The average molecular weight is 377 g/mol. The van der Waals surface area contributed by atoms with Gasteiger partial charge in [0.25, 0.3) is 0 Å². The average Bonchev–Trinajstić information content (AvgIpc) is 2.52. The summed E-state index contributed by atoms with van der Waals surface area (Å²) in [5.41, 5.74) is 0.138. The number of hydrogen-bond donors (Lipinski definition) is 0. The Kier molecular flexibility index (Phi) is 6.33. The molecule has 2 rings (SSSR count). The fraction of sp³-hybridized carbons (Fsp3) is 0.500. The van der Waals surface area contributed by atoms with Gasteiger partial charge in [0.05, 0.1) is 13.2 Å². The Morgan fingerprint density at radius 2 is 1.78 bits per heavy atom. The summed E-state index contributed by atoms with van der Waals surface area (Å²) in [6.45, 7) is 5.87. The molecule has 0 spiro atoms. The van der Waals surface area contributed by atoms with E-state index in [-0.39, 0.29) is 19.4 Å². The van der Waals surface area contributed by atoms with Crippen LogP contribution in [0.3, 0.4) is 0 Å². The Bertz CT molecular complexity index is 662. The van der Waals surface area contributed by atoms with Crippen LogP contribution < -0.4 is 5.30 Å². The van der Waals surface area contributed by atoms with Gasteiger partial charge >= 0.3 is 7.60 Å². The molecule has 0 aliphatic carbocycles. The van der Waals surface area contributed by atoms with Crippen molar-refractivity contribution in [1.82, 2.24) is 0 Å². The highest BCUT2D eigenvalue weighted by Crippen LogP contribution is 2.64. The smallest absolute Gasteiger partial charge is 0.318 e. The summed E-state index contributed by atoms with van der Waals surface area (Å²) in [6.07, 6.45) is 0.620. The molecule has 0 bridgehead atoms. The zero-order chi connectivity index (χ0) is 17.1. The topological polar surface area (TPSA) is 52.6 Å². The zero-order valence-electron chi connectivity index (χ0n) is 13.7. The summed E-state index contributed by atoms with van der Waals surface area (Å²) in [5, 5.41) is 1.26. The van der Waals surface area contributed by atoms with Crippen LogP contribution in [0, 0.1) is 0 Å². The molecule has 4 nitrogen and oxygen atoms in total. The van der Waals surface area contributed by atoms with Crippen molar-refractivity contribution in [3.8, 4) is 0 Å². The van der Waals surface area contributed by atoms with Gasteiger partial charge in [-0.3, -0.25) is 4.57 Å². The second-order valence-corrected chi connectivity index (χ2v) is 11.2. The Morgan fingerprint density at radius 1 is 1.22 bits per heavy atom. The van der Waals surface area contributed by atoms with Crippen LogP contribution >= 0.6 is 26.3 Å². The largest absolute Gasteiger partial charge is 0.339 e. The van der Waals surface area contributed by atoms with E-state index in [0.717, 1.165) is 10.9 Å². The molecule has 7 heteroatoms. The number of allylic oxidation sites excluding steroid dienone is 2. The van der Waals surface area contributed by atoms with Gasteiger partial charge in [-0.2, -0.15) is 0 Å². The summed E-state index contributed by atoms with van der Waals surface area (Å²) < 4.78 is 37.6. The number of halogens is 1. The van der Waals surface area contributed by atoms with Gasteiger partial charge in [0.15, 0.2) is 0 Å². The lowest BCUT2D eigenvalue weighted by molar-refractivity contribution is 0.216. The van der Waals surface area contributed by atoms with E-state index < -0.39 is 20.4 Å². The van der Waals surface area contributed by atoms with E-state index >= 15 is 0 Å². The minimum atomic E-state index is -3.45. The molecule has 1 aromatic rings. The molecule has 2 atom stereocenters. The van der Waals surface area contributed by atoms with Crippen molar-refractivity contribution in [2.45, 2.75) is 26.4 Å². The van der Waals surface area contributed by atoms with Crippen LogP contribution in [0.25, 0.3) is 0 Å². The maximum atomic E-state index is 13.5. The molecular formula is C16H23ClO4P2. The normalized spacial score (nSPS) is 25.7. The van der Waals surface area contributed by atoms with Crippen LogP contribution in [0.2, 0.25) is 0 Å². The van der Waals surface area contributed by atoms with Crippen molar-refractivity contribution in [2.75, 3.05) is 25.5 Å². The second-order valence-electron chi connectivity index (χ2n) is 5.59. The molecule has 128 valence electrons. The summed E-state index contributed by atoms with van der Waals surface area (Å²) in [6, 6.07) is 9.33. The summed E-state index contributed by atoms with van der Waals surface area (Å²) >= 11 is 6.43. The molecule has 1 aliphatic rings. The van der Waals surface area contributed by atoms with Crippen LogP contribution in [0.15, 0.2) is 40.9 Å². The van der Waals surface area contributed by atoms with E-state index in [1.54, 1.807) is 13.8 Å². The van der Waals surface area contributed by atoms with Crippen LogP contribution in [0.5, 0.6) is 0 Å². The van der Waals surface area contributed by atoms with Gasteiger partial charge in [0.1, 0.15) is 12.8 Å². The van der Waals surface area contributed by atoms with E-state index in [1.807, 2.05) is 37.3 Å². The highest BCUT2D eigenvalue weighted by Gasteiger charge is 2.46. The maximum Gasteiger partial charge on any atom is 0.339 e. The summed E-state index contributed by atoms with van der Waals surface area (Å²) in [4.78, 5) is 0. The second kappa shape index (κ2) is 7.68. The number of rotatable bonds is 6. The van der Waals surface area contributed by atoms with Crippen molar-refractivity contribution >= 4 is 31.6 Å². The first kappa shape index (κ1) is 19.0. The molecular weight excluding hydrogens is 354 g/mol. The lowest BCUT2D eigenvalue weighted by Crippen LogP contribution is -2.28. The molecule has 0 saturated heterocycles. The van der Waals surface area contributed by atoms with Crippen LogP contribution in [0.1, 0.15) is 20.8 Å². The lowest BCUT2D eigenvalue weighted by atomic mass is 10.2. The molecule has 23 heavy (non-hydrogen) atoms. The SMILES string of the molecule is CCOP(=O)(OCC)C1CP(=O)(c2ccccc2)CC(C)=C1Cl. The molecule has 0 saturated carbocycles. The van der Waals surface area contributed by atoms with Crippen molar-refractivity contribution in [3.63, 3.8) is 0 Å². The first-order valence-electron chi connectivity index (χ1n) is 7.74. The fourth-order valence-electron chi connectivity index (χ4n) is 2.88. The minimum Gasteiger partial charge on any atom is -0.318 e. The van der Waals surface area contributed by atoms with Crippen molar-refractivity contribution in [2.24, 2.45) is 0 Å². The third-order valence-electron chi connectivity index (χ3n) is 3.89. The molecule has 1 aromatic carbocycles. The van der Waals surface area contributed by atoms with Gasteiger partial charge in [-0.05, 0) is 20.8 Å². The van der Waals surface area contributed by atoms with Gasteiger partial charge in [-0.1, -0.05) is 47.5 Å². The molecule has 0 radical (unpaired) electrons. The van der Waals surface area contributed by atoms with Crippen LogP contribution in [0.4, 0.5) is 0 Å². The van der Waals surface area contributed by atoms with E-state index in [9.17, 15) is 9.13 Å². The number of hydrogen-bond acceptors (Lipinski definition) is 4. The monoisotopic (exact) mass is 376 g/mol. The van der Waals surface area contributed by atoms with E-state index in [2.05, 4.69) is 0 Å². The molecule has 0 N–H and O–H groups in total. The third kappa shape index (κ3) is 4.00. The first-order chi connectivity index (χ1) is 10.9. The molecule has 1 aliphatic heterocycles. The highest BCUT2D eigenvalue weighted by atomic mass is 35.5. The molecule has 0 aromatic heterocycles. The molecule has 0 fully saturated rings. The first-order valence-corrected chi connectivity index (χ1v) is 11.8. The Labute approximate surface area is 143 Å². The van der Waals surface area contributed by atoms with E-state index in [4.69, 9.17) is 20.6 Å². The number of benzene rings is 1. The van der Waals surface area contributed by atoms with E-state index in [1.165, 1.54) is 0 Å². The minimum absolute atomic E-state index is 0.213. The molecule has 0 amide bonds. The van der Waals surface area contributed by atoms with Gasteiger partial charge in [0.2, 0.25) is 0 Å². The zero-order valence-corrected chi connectivity index (χ0v) is 16.2. The van der Waals surface area contributed by atoms with Crippen molar-refractivity contribution in [1.29, 1.82) is 0 Å². The standard InChI is InChI=1S/C16H23ClO4P2/c1-4-20-23(19,21-5-2)15-12-22(18,11-13(3)16(15)17)14-9-7-6-8-10-14/h6-10,15H,4-5,11-12H2,1-3H3. The lowest BCUT2D eigenvalue weighted by Gasteiger charge is -2.34. The Hall–Kier alpha value is -0.370. The third-order valence-corrected chi connectivity index (χ3v) is 10.5. The maximum absolute atomic E-state index is 13.5. The molecule has 1 heterocycles. The highest BCUT2D eigenvalue weighted by molar-refractivity contribution is 7.73. The van der Waals surface area contributed by atoms with Gasteiger partial charge in [-0.25, -0.2) is 0 Å². The summed E-state index contributed by atoms with van der Waals surface area (Å²) in [7, 11) is -6.18. The van der Waals surface area contributed by atoms with Crippen LogP contribution in [-0.2, 0) is 18.2 Å². The van der Waals surface area contributed by atoms with E-state index in [0.29, 0.717) is 11.2 Å². The van der Waals surface area contributed by atoms with Gasteiger partial charge < -0.3 is 13.6 Å². The van der Waals surface area contributed by atoms with Crippen LogP contribution in [-0.4, -0.2) is 31.2 Å². The quantitative estimate of drug-likeness (QED) is 0.667. The van der Waals surface area contributed by atoms with Gasteiger partial charge in [0, 0.05) is 22.7 Å². The van der Waals surface area contributed by atoms with Gasteiger partial charge in [-0.15, -0.1) is 0 Å². The molecule has 2 unspecified atom stereocenters. The fourth-order valence-corrected chi connectivity index (χ4v) is 9.74. The predicted molar refractivity (Wildman–Crippen MR) is 96.6 cm³/mol. The van der Waals surface area contributed by atoms with Crippen molar-refractivity contribution in [3.05, 3.63) is 40.9 Å². The predicted octanol–water partition coefficient (Wildman–Crippen LogP) is 4.84.